The normalized spacial score (nSPS) is 19.2. The lowest BCUT2D eigenvalue weighted by molar-refractivity contribution is -0.117. The maximum atomic E-state index is 13.6. The van der Waals surface area contributed by atoms with E-state index in [-0.39, 0.29) is 29.6 Å². The molecule has 2 atom stereocenters. The number of Topliss-reactive ketones (excluding diaryl/α,β-unsaturated/α-hetero) is 1. The van der Waals surface area contributed by atoms with Gasteiger partial charge in [-0.3, -0.25) is 19.4 Å². The molecule has 1 saturated heterocycles. The summed E-state index contributed by atoms with van der Waals surface area (Å²) in [6.45, 7) is 5.43. The van der Waals surface area contributed by atoms with Gasteiger partial charge in [0.15, 0.2) is 5.78 Å². The number of amides is 2. The van der Waals surface area contributed by atoms with Crippen molar-refractivity contribution in [3.63, 3.8) is 0 Å². The van der Waals surface area contributed by atoms with Crippen molar-refractivity contribution < 1.29 is 23.5 Å². The summed E-state index contributed by atoms with van der Waals surface area (Å²) in [5.41, 5.74) is 3.14. The Kier molecular flexibility index (Phi) is 6.44. The third-order valence-corrected chi connectivity index (χ3v) is 6.51. The third-order valence-electron chi connectivity index (χ3n) is 6.51. The van der Waals surface area contributed by atoms with E-state index in [2.05, 4.69) is 15.3 Å². The topological polar surface area (TPSA) is 114 Å². The summed E-state index contributed by atoms with van der Waals surface area (Å²) in [6.07, 6.45) is 2.61. The monoisotopic (exact) mass is 491 g/mol. The first-order valence-corrected chi connectivity index (χ1v) is 12.0. The highest BCUT2D eigenvalue weighted by Crippen LogP contribution is 2.35. The average molecular weight is 492 g/mol. The quantitative estimate of drug-likeness (QED) is 0.526. The number of ketones is 1. The first-order chi connectivity index (χ1) is 17.4. The van der Waals surface area contributed by atoms with Crippen LogP contribution in [-0.4, -0.2) is 69.9 Å². The molecule has 2 aliphatic rings. The van der Waals surface area contributed by atoms with E-state index < -0.39 is 18.0 Å². The van der Waals surface area contributed by atoms with Crippen LogP contribution in [0.1, 0.15) is 46.3 Å². The van der Waals surface area contributed by atoms with Gasteiger partial charge in [-0.25, -0.2) is 14.4 Å². The van der Waals surface area contributed by atoms with Gasteiger partial charge in [0.1, 0.15) is 23.4 Å². The van der Waals surface area contributed by atoms with Crippen LogP contribution in [0.5, 0.6) is 0 Å². The van der Waals surface area contributed by atoms with Crippen LogP contribution in [0.15, 0.2) is 30.6 Å². The molecule has 3 aromatic rings. The van der Waals surface area contributed by atoms with Gasteiger partial charge in [-0.2, -0.15) is 0 Å². The van der Waals surface area contributed by atoms with E-state index in [1.165, 1.54) is 0 Å². The van der Waals surface area contributed by atoms with Gasteiger partial charge in [0.2, 0.25) is 5.91 Å². The van der Waals surface area contributed by atoms with Gasteiger partial charge < -0.3 is 15.0 Å². The van der Waals surface area contributed by atoms with E-state index in [1.807, 2.05) is 13.0 Å². The van der Waals surface area contributed by atoms with Crippen LogP contribution < -0.4 is 5.32 Å². The fourth-order valence-corrected chi connectivity index (χ4v) is 4.25. The second kappa shape index (κ2) is 9.69. The first kappa shape index (κ1) is 23.9. The number of aryl methyl sites for hydroxylation is 1. The summed E-state index contributed by atoms with van der Waals surface area (Å²) in [5.74, 6) is -1.12. The molecule has 1 aliphatic heterocycles. The molecule has 0 unspecified atom stereocenters. The van der Waals surface area contributed by atoms with Crippen LogP contribution >= 0.6 is 0 Å². The average Bonchev–Trinajstić information content (AvgIpc) is 3.64. The number of anilines is 1. The Bertz CT molecular complexity index is 1370. The number of hydrogen-bond acceptors (Lipinski definition) is 7. The van der Waals surface area contributed by atoms with Crippen LogP contribution in [0.3, 0.4) is 0 Å². The Balaban J connectivity index is 1.58. The number of pyridine rings is 3. The Morgan fingerprint density at radius 1 is 1.11 bits per heavy atom. The van der Waals surface area contributed by atoms with Gasteiger partial charge >= 0.3 is 0 Å². The number of morpholine rings is 1. The molecule has 0 aromatic carbocycles. The molecular formula is C26H26FN5O4. The number of carbonyl (C=O) groups is 3. The molecule has 3 aromatic heterocycles. The maximum Gasteiger partial charge on any atom is 0.273 e. The lowest BCUT2D eigenvalue weighted by Gasteiger charge is -2.27. The van der Waals surface area contributed by atoms with Crippen molar-refractivity contribution in [1.82, 2.24) is 19.9 Å². The fourth-order valence-electron chi connectivity index (χ4n) is 4.25. The van der Waals surface area contributed by atoms with Gasteiger partial charge in [0.05, 0.1) is 24.6 Å². The number of nitrogens with one attached hydrogen (secondary N) is 1. The molecule has 0 radical (unpaired) electrons. The molecule has 1 saturated carbocycles. The number of rotatable bonds is 6. The highest BCUT2D eigenvalue weighted by atomic mass is 19.1. The summed E-state index contributed by atoms with van der Waals surface area (Å²) in [4.78, 5) is 52.9. The number of hydrogen-bond donors (Lipinski definition) is 1. The number of alkyl halides is 1. The molecule has 186 valence electrons. The molecule has 1 N–H and O–H groups in total. The summed E-state index contributed by atoms with van der Waals surface area (Å²) >= 11 is 0. The van der Waals surface area contributed by atoms with Crippen molar-refractivity contribution in [2.45, 2.75) is 32.9 Å². The lowest BCUT2D eigenvalue weighted by atomic mass is 9.97. The zero-order chi connectivity index (χ0) is 25.4. The Labute approximate surface area is 207 Å². The van der Waals surface area contributed by atoms with Crippen LogP contribution in [0.4, 0.5) is 10.2 Å². The number of ether oxygens (including phenoxy) is 1. The molecule has 5 rings (SSSR count). The smallest absolute Gasteiger partial charge is 0.273 e. The number of fused-ring (bicyclic) bond motifs is 1. The minimum absolute atomic E-state index is 0.0602. The minimum atomic E-state index is -1.11. The molecule has 2 fully saturated rings. The van der Waals surface area contributed by atoms with Gasteiger partial charge in [-0.05, 0) is 31.0 Å². The van der Waals surface area contributed by atoms with E-state index in [9.17, 15) is 18.8 Å². The van der Waals surface area contributed by atoms with Gasteiger partial charge in [-0.1, -0.05) is 6.92 Å². The molecule has 0 bridgehead atoms. The number of aromatic nitrogens is 3. The fraction of sp³-hybridized carbons (Fsp3) is 0.385. The van der Waals surface area contributed by atoms with Crippen LogP contribution in [-0.2, 0) is 9.53 Å². The first-order valence-electron chi connectivity index (χ1n) is 12.0. The zero-order valence-electron chi connectivity index (χ0n) is 20.1. The molecule has 2 amide bonds. The SMILES string of the molecule is CCC(=O)c1cc(C)c(-c2cc3cnc(NC(=O)[C@H]4C[C@H]4F)cc3nc2C(=O)N2CCOCC2)cn1. The van der Waals surface area contributed by atoms with Crippen molar-refractivity contribution >= 4 is 34.3 Å². The second-order valence-electron chi connectivity index (χ2n) is 9.06. The zero-order valence-corrected chi connectivity index (χ0v) is 20.1. The standard InChI is InChI=1S/C26H26FN5O4/c1-3-22(33)21-8-14(2)18(13-28-21)16-9-15-12-29-23(31-25(34)17-10-19(17)27)11-20(15)30-24(16)26(35)32-4-6-36-7-5-32/h8-9,11-13,17,19H,3-7,10H2,1-2H3,(H,29,31,34)/t17-,19+/m0/s1. The van der Waals surface area contributed by atoms with Crippen LogP contribution in [0.2, 0.25) is 0 Å². The van der Waals surface area contributed by atoms with Crippen LogP contribution in [0, 0.1) is 12.8 Å². The van der Waals surface area contributed by atoms with Gasteiger partial charge in [0.25, 0.3) is 5.91 Å². The van der Waals surface area contributed by atoms with Crippen molar-refractivity contribution in [2.24, 2.45) is 5.92 Å². The molecule has 1 aliphatic carbocycles. The van der Waals surface area contributed by atoms with Gasteiger partial charge in [0, 0.05) is 54.5 Å². The summed E-state index contributed by atoms with van der Waals surface area (Å²) in [5, 5.41) is 3.29. The Morgan fingerprint density at radius 2 is 1.86 bits per heavy atom. The Morgan fingerprint density at radius 3 is 2.53 bits per heavy atom. The van der Waals surface area contributed by atoms with E-state index in [1.54, 1.807) is 36.4 Å². The molecular weight excluding hydrogens is 465 g/mol. The minimum Gasteiger partial charge on any atom is -0.378 e. The largest absolute Gasteiger partial charge is 0.378 e. The highest BCUT2D eigenvalue weighted by Gasteiger charge is 2.43. The van der Waals surface area contributed by atoms with E-state index in [0.717, 1.165) is 5.56 Å². The molecule has 9 nitrogen and oxygen atoms in total. The number of nitrogens with zero attached hydrogens (tertiary/aromatic N) is 4. The third kappa shape index (κ3) is 4.68. The predicted molar refractivity (Wildman–Crippen MR) is 130 cm³/mol. The van der Waals surface area contributed by atoms with Crippen LogP contribution in [0.25, 0.3) is 22.0 Å². The summed E-state index contributed by atoms with van der Waals surface area (Å²) in [7, 11) is 0. The van der Waals surface area contributed by atoms with Crippen molar-refractivity contribution in [3.05, 3.63) is 47.5 Å². The summed E-state index contributed by atoms with van der Waals surface area (Å²) in [6, 6.07) is 5.12. The van der Waals surface area contributed by atoms with Gasteiger partial charge in [-0.15, -0.1) is 0 Å². The Hall–Kier alpha value is -3.79. The van der Waals surface area contributed by atoms with Crippen molar-refractivity contribution in [1.29, 1.82) is 0 Å². The number of halogens is 1. The lowest BCUT2D eigenvalue weighted by Crippen LogP contribution is -2.41. The van der Waals surface area contributed by atoms with E-state index in [4.69, 9.17) is 9.72 Å². The summed E-state index contributed by atoms with van der Waals surface area (Å²) < 4.78 is 18.6. The molecule has 4 heterocycles. The number of carbonyl (C=O) groups excluding carboxylic acids is 3. The molecule has 10 heteroatoms. The molecule has 0 spiro atoms. The van der Waals surface area contributed by atoms with E-state index in [0.29, 0.717) is 60.4 Å². The predicted octanol–water partition coefficient (Wildman–Crippen LogP) is 3.36. The highest BCUT2D eigenvalue weighted by molar-refractivity contribution is 6.03. The van der Waals surface area contributed by atoms with Crippen molar-refractivity contribution in [3.8, 4) is 11.1 Å². The van der Waals surface area contributed by atoms with E-state index >= 15 is 0 Å². The van der Waals surface area contributed by atoms with Crippen molar-refractivity contribution in [2.75, 3.05) is 31.6 Å². The maximum absolute atomic E-state index is 13.6. The second-order valence-corrected chi connectivity index (χ2v) is 9.06. The molecule has 36 heavy (non-hydrogen) atoms.